The van der Waals surface area contributed by atoms with Crippen LogP contribution < -0.4 is 10.6 Å². The zero-order chi connectivity index (χ0) is 13.5. The van der Waals surface area contributed by atoms with Crippen molar-refractivity contribution in [3.8, 4) is 0 Å². The van der Waals surface area contributed by atoms with Gasteiger partial charge in [-0.1, -0.05) is 32.0 Å². The SMILES string of the molecule is CCCCCN(c1ncccc1C(N)=S)C(C)C. The second kappa shape index (κ2) is 7.31. The molecule has 0 amide bonds. The van der Waals surface area contributed by atoms with E-state index in [0.717, 1.165) is 17.9 Å². The number of thiocarbonyl (C=S) groups is 1. The maximum atomic E-state index is 5.77. The van der Waals surface area contributed by atoms with E-state index in [-0.39, 0.29) is 0 Å². The van der Waals surface area contributed by atoms with Crippen LogP contribution in [0.2, 0.25) is 0 Å². The molecule has 0 unspecified atom stereocenters. The molecule has 1 aromatic heterocycles. The minimum Gasteiger partial charge on any atom is -0.389 e. The molecule has 0 saturated heterocycles. The van der Waals surface area contributed by atoms with E-state index in [1.807, 2.05) is 12.1 Å². The molecule has 0 atom stereocenters. The van der Waals surface area contributed by atoms with Crippen LogP contribution in [0.1, 0.15) is 45.6 Å². The maximum Gasteiger partial charge on any atom is 0.139 e. The van der Waals surface area contributed by atoms with E-state index >= 15 is 0 Å². The predicted octanol–water partition coefficient (Wildman–Crippen LogP) is 3.12. The number of aromatic nitrogens is 1. The van der Waals surface area contributed by atoms with Crippen LogP contribution in [0, 0.1) is 0 Å². The zero-order valence-corrected chi connectivity index (χ0v) is 12.3. The summed E-state index contributed by atoms with van der Waals surface area (Å²) in [5.41, 5.74) is 6.64. The summed E-state index contributed by atoms with van der Waals surface area (Å²) >= 11 is 5.10. The Labute approximate surface area is 115 Å². The molecule has 0 aromatic carbocycles. The van der Waals surface area contributed by atoms with Crippen molar-refractivity contribution in [2.75, 3.05) is 11.4 Å². The molecule has 0 radical (unpaired) electrons. The van der Waals surface area contributed by atoms with Crippen molar-refractivity contribution >= 4 is 23.0 Å². The molecule has 1 rings (SSSR count). The van der Waals surface area contributed by atoms with E-state index in [4.69, 9.17) is 18.0 Å². The first-order valence-corrected chi connectivity index (χ1v) is 7.00. The molecular formula is C14H23N3S. The average Bonchev–Trinajstić information content (AvgIpc) is 2.34. The van der Waals surface area contributed by atoms with E-state index in [9.17, 15) is 0 Å². The zero-order valence-electron chi connectivity index (χ0n) is 11.5. The molecule has 0 fully saturated rings. The lowest BCUT2D eigenvalue weighted by molar-refractivity contribution is 0.619. The Morgan fingerprint density at radius 2 is 2.17 bits per heavy atom. The standard InChI is InChI=1S/C14H23N3S/c1-4-5-6-10-17(11(2)3)14-12(13(15)18)8-7-9-16-14/h7-9,11H,4-6,10H2,1-3H3,(H2,15,18). The van der Waals surface area contributed by atoms with Crippen molar-refractivity contribution in [1.29, 1.82) is 0 Å². The molecule has 0 saturated carbocycles. The molecule has 1 heterocycles. The Kier molecular flexibility index (Phi) is 6.05. The van der Waals surface area contributed by atoms with Crippen LogP contribution in [0.25, 0.3) is 0 Å². The van der Waals surface area contributed by atoms with E-state index in [0.29, 0.717) is 11.0 Å². The van der Waals surface area contributed by atoms with Crippen molar-refractivity contribution in [2.24, 2.45) is 5.73 Å². The van der Waals surface area contributed by atoms with Gasteiger partial charge in [0, 0.05) is 18.8 Å². The third-order valence-electron chi connectivity index (χ3n) is 2.95. The molecule has 18 heavy (non-hydrogen) atoms. The van der Waals surface area contributed by atoms with Crippen LogP contribution in [0.3, 0.4) is 0 Å². The van der Waals surface area contributed by atoms with Gasteiger partial charge in [-0.3, -0.25) is 0 Å². The molecule has 0 spiro atoms. The van der Waals surface area contributed by atoms with Gasteiger partial charge in [0.15, 0.2) is 0 Å². The van der Waals surface area contributed by atoms with Crippen LogP contribution in [0.5, 0.6) is 0 Å². The Bertz CT molecular complexity index is 390. The lowest BCUT2D eigenvalue weighted by atomic mass is 10.1. The molecule has 0 aliphatic heterocycles. The van der Waals surface area contributed by atoms with Crippen LogP contribution in [0.15, 0.2) is 18.3 Å². The van der Waals surface area contributed by atoms with E-state index in [1.165, 1.54) is 19.3 Å². The van der Waals surface area contributed by atoms with Crippen molar-refractivity contribution in [3.63, 3.8) is 0 Å². The van der Waals surface area contributed by atoms with E-state index in [2.05, 4.69) is 30.7 Å². The average molecular weight is 265 g/mol. The first-order valence-electron chi connectivity index (χ1n) is 6.59. The second-order valence-corrected chi connectivity index (χ2v) is 5.17. The maximum absolute atomic E-state index is 5.77. The monoisotopic (exact) mass is 265 g/mol. The first-order chi connectivity index (χ1) is 8.57. The van der Waals surface area contributed by atoms with Gasteiger partial charge >= 0.3 is 0 Å². The van der Waals surface area contributed by atoms with Crippen LogP contribution >= 0.6 is 12.2 Å². The van der Waals surface area contributed by atoms with Crippen molar-refractivity contribution < 1.29 is 0 Å². The lowest BCUT2D eigenvalue weighted by Crippen LogP contribution is -2.34. The fourth-order valence-electron chi connectivity index (χ4n) is 1.96. The second-order valence-electron chi connectivity index (χ2n) is 4.73. The highest BCUT2D eigenvalue weighted by Crippen LogP contribution is 2.20. The van der Waals surface area contributed by atoms with Gasteiger partial charge in [-0.15, -0.1) is 0 Å². The molecule has 0 aliphatic rings. The summed E-state index contributed by atoms with van der Waals surface area (Å²) in [7, 11) is 0. The summed E-state index contributed by atoms with van der Waals surface area (Å²) in [6.45, 7) is 7.55. The third-order valence-corrected chi connectivity index (χ3v) is 3.17. The summed E-state index contributed by atoms with van der Waals surface area (Å²) in [6.07, 6.45) is 5.42. The quantitative estimate of drug-likeness (QED) is 0.607. The predicted molar refractivity (Wildman–Crippen MR) is 82.1 cm³/mol. The number of hydrogen-bond donors (Lipinski definition) is 1. The van der Waals surface area contributed by atoms with Gasteiger partial charge in [-0.05, 0) is 32.4 Å². The van der Waals surface area contributed by atoms with Crippen LogP contribution in [-0.2, 0) is 0 Å². The number of hydrogen-bond acceptors (Lipinski definition) is 3. The van der Waals surface area contributed by atoms with Gasteiger partial charge in [-0.2, -0.15) is 0 Å². The molecular weight excluding hydrogens is 242 g/mol. The third kappa shape index (κ3) is 3.95. The van der Waals surface area contributed by atoms with Gasteiger partial charge < -0.3 is 10.6 Å². The highest BCUT2D eigenvalue weighted by molar-refractivity contribution is 7.80. The van der Waals surface area contributed by atoms with Gasteiger partial charge in [0.05, 0.1) is 5.56 Å². The van der Waals surface area contributed by atoms with Crippen molar-refractivity contribution in [3.05, 3.63) is 23.9 Å². The molecule has 0 bridgehead atoms. The minimum absolute atomic E-state index is 0.393. The number of unbranched alkanes of at least 4 members (excludes halogenated alkanes) is 2. The first kappa shape index (κ1) is 14.9. The molecule has 4 heteroatoms. The number of nitrogens with zero attached hydrogens (tertiary/aromatic N) is 2. The fourth-order valence-corrected chi connectivity index (χ4v) is 2.12. The Balaban J connectivity index is 2.94. The van der Waals surface area contributed by atoms with Crippen LogP contribution in [-0.4, -0.2) is 22.6 Å². The summed E-state index contributed by atoms with van der Waals surface area (Å²) in [4.78, 5) is 7.16. The molecule has 3 nitrogen and oxygen atoms in total. The summed E-state index contributed by atoms with van der Waals surface area (Å²) in [5.74, 6) is 0.913. The topological polar surface area (TPSA) is 42.2 Å². The molecule has 0 aliphatic carbocycles. The molecule has 100 valence electrons. The Hall–Kier alpha value is -1.16. The summed E-state index contributed by atoms with van der Waals surface area (Å²) in [5, 5.41) is 0. The largest absolute Gasteiger partial charge is 0.389 e. The highest BCUT2D eigenvalue weighted by Gasteiger charge is 2.16. The van der Waals surface area contributed by atoms with Gasteiger partial charge in [0.1, 0.15) is 10.8 Å². The summed E-state index contributed by atoms with van der Waals surface area (Å²) in [6, 6.07) is 4.22. The Morgan fingerprint density at radius 1 is 1.44 bits per heavy atom. The van der Waals surface area contributed by atoms with Gasteiger partial charge in [-0.25, -0.2) is 4.98 Å². The van der Waals surface area contributed by atoms with E-state index < -0.39 is 0 Å². The molecule has 1 aromatic rings. The van der Waals surface area contributed by atoms with Crippen molar-refractivity contribution in [1.82, 2.24) is 4.98 Å². The summed E-state index contributed by atoms with van der Waals surface area (Å²) < 4.78 is 0. The number of nitrogens with two attached hydrogens (primary N) is 1. The number of rotatable bonds is 7. The number of pyridine rings is 1. The normalized spacial score (nSPS) is 10.7. The van der Waals surface area contributed by atoms with Gasteiger partial charge in [0.2, 0.25) is 0 Å². The smallest absolute Gasteiger partial charge is 0.139 e. The minimum atomic E-state index is 0.393. The Morgan fingerprint density at radius 3 is 2.72 bits per heavy atom. The number of anilines is 1. The highest BCUT2D eigenvalue weighted by atomic mass is 32.1. The lowest BCUT2D eigenvalue weighted by Gasteiger charge is -2.29. The fraction of sp³-hybridized carbons (Fsp3) is 0.571. The molecule has 2 N–H and O–H groups in total. The van der Waals surface area contributed by atoms with Gasteiger partial charge in [0.25, 0.3) is 0 Å². The van der Waals surface area contributed by atoms with Crippen molar-refractivity contribution in [2.45, 2.75) is 46.1 Å². The van der Waals surface area contributed by atoms with Crippen LogP contribution in [0.4, 0.5) is 5.82 Å². The van der Waals surface area contributed by atoms with E-state index in [1.54, 1.807) is 6.20 Å².